The summed E-state index contributed by atoms with van der Waals surface area (Å²) in [5.41, 5.74) is 2.56. The Labute approximate surface area is 149 Å². The van der Waals surface area contributed by atoms with Gasteiger partial charge in [-0.05, 0) is 48.6 Å². The maximum absolute atomic E-state index is 12.7. The molecule has 1 aromatic carbocycles. The average molecular weight is 339 g/mol. The number of hydrogen-bond donors (Lipinski definition) is 1. The van der Waals surface area contributed by atoms with Gasteiger partial charge in [0.05, 0.1) is 7.11 Å². The quantitative estimate of drug-likeness (QED) is 0.905. The van der Waals surface area contributed by atoms with Gasteiger partial charge in [0.15, 0.2) is 0 Å². The number of benzene rings is 1. The van der Waals surface area contributed by atoms with Crippen LogP contribution in [0.5, 0.6) is 5.75 Å². The summed E-state index contributed by atoms with van der Waals surface area (Å²) in [6, 6.07) is 11.7. The molecule has 1 N–H and O–H groups in total. The summed E-state index contributed by atoms with van der Waals surface area (Å²) < 4.78 is 5.17. The predicted octanol–water partition coefficient (Wildman–Crippen LogP) is 3.57. The first-order chi connectivity index (χ1) is 12.2. The van der Waals surface area contributed by atoms with Gasteiger partial charge >= 0.3 is 0 Å². The van der Waals surface area contributed by atoms with E-state index >= 15 is 0 Å². The third kappa shape index (κ3) is 4.50. The number of aromatic nitrogens is 1. The van der Waals surface area contributed by atoms with Gasteiger partial charge in [-0.3, -0.25) is 9.78 Å². The van der Waals surface area contributed by atoms with Crippen molar-refractivity contribution in [3.8, 4) is 5.75 Å². The number of piperidine rings is 1. The van der Waals surface area contributed by atoms with E-state index in [0.29, 0.717) is 18.2 Å². The van der Waals surface area contributed by atoms with E-state index in [4.69, 9.17) is 4.74 Å². The second kappa shape index (κ2) is 8.01. The standard InChI is InChI=1S/C20H25N3O2/c1-15-4-3-11-23(14-15)20(24)19-12-17(9-10-21-19)22-13-16-5-7-18(25-2)8-6-16/h5-10,12,15H,3-4,11,13-14H2,1-2H3,(H,21,22). The molecule has 1 aliphatic heterocycles. The normalized spacial score (nSPS) is 17.2. The molecule has 2 heterocycles. The molecule has 0 saturated carbocycles. The highest BCUT2D eigenvalue weighted by Crippen LogP contribution is 2.19. The SMILES string of the molecule is COc1ccc(CNc2ccnc(C(=O)N3CCCC(C)C3)c2)cc1. The molecule has 25 heavy (non-hydrogen) atoms. The number of anilines is 1. The number of nitrogens with zero attached hydrogens (tertiary/aromatic N) is 2. The molecule has 5 nitrogen and oxygen atoms in total. The molecule has 1 aromatic heterocycles. The highest BCUT2D eigenvalue weighted by atomic mass is 16.5. The fourth-order valence-corrected chi connectivity index (χ4v) is 3.14. The number of carbonyl (C=O) groups excluding carboxylic acids is 1. The summed E-state index contributed by atoms with van der Waals surface area (Å²) in [5, 5.41) is 3.35. The average Bonchev–Trinajstić information content (AvgIpc) is 2.66. The van der Waals surface area contributed by atoms with Crippen molar-refractivity contribution in [2.45, 2.75) is 26.3 Å². The molecule has 132 valence electrons. The fraction of sp³-hybridized carbons (Fsp3) is 0.400. The van der Waals surface area contributed by atoms with E-state index < -0.39 is 0 Å². The highest BCUT2D eigenvalue weighted by molar-refractivity contribution is 5.93. The van der Waals surface area contributed by atoms with Gasteiger partial charge in [0.2, 0.25) is 0 Å². The van der Waals surface area contributed by atoms with Crippen LogP contribution in [-0.2, 0) is 6.54 Å². The molecule has 0 radical (unpaired) electrons. The van der Waals surface area contributed by atoms with Crippen molar-refractivity contribution in [1.82, 2.24) is 9.88 Å². The third-order valence-electron chi connectivity index (χ3n) is 4.58. The minimum atomic E-state index is 0.0275. The number of carbonyl (C=O) groups is 1. The van der Waals surface area contributed by atoms with Crippen LogP contribution in [0.2, 0.25) is 0 Å². The number of methoxy groups -OCH3 is 1. The molecular weight excluding hydrogens is 314 g/mol. The molecule has 0 aliphatic carbocycles. The molecule has 0 bridgehead atoms. The van der Waals surface area contributed by atoms with Crippen LogP contribution in [-0.4, -0.2) is 36.0 Å². The summed E-state index contributed by atoms with van der Waals surface area (Å²) >= 11 is 0. The highest BCUT2D eigenvalue weighted by Gasteiger charge is 2.22. The molecule has 5 heteroatoms. The molecule has 0 spiro atoms. The van der Waals surface area contributed by atoms with Crippen molar-refractivity contribution in [3.05, 3.63) is 53.9 Å². The Hall–Kier alpha value is -2.56. The molecule has 1 atom stereocenters. The van der Waals surface area contributed by atoms with E-state index in [0.717, 1.165) is 36.5 Å². The maximum atomic E-state index is 12.7. The van der Waals surface area contributed by atoms with Crippen molar-refractivity contribution in [2.24, 2.45) is 5.92 Å². The number of likely N-dealkylation sites (tertiary alicyclic amines) is 1. The van der Waals surface area contributed by atoms with Crippen LogP contribution >= 0.6 is 0 Å². The number of hydrogen-bond acceptors (Lipinski definition) is 4. The molecule has 2 aromatic rings. The Bertz CT molecular complexity index is 715. The van der Waals surface area contributed by atoms with Gasteiger partial charge in [-0.25, -0.2) is 0 Å². The lowest BCUT2D eigenvalue weighted by molar-refractivity contribution is 0.0677. The van der Waals surface area contributed by atoms with Crippen molar-refractivity contribution in [1.29, 1.82) is 0 Å². The third-order valence-corrected chi connectivity index (χ3v) is 4.58. The Kier molecular flexibility index (Phi) is 5.53. The van der Waals surface area contributed by atoms with Crippen LogP contribution in [0.15, 0.2) is 42.6 Å². The van der Waals surface area contributed by atoms with Crippen LogP contribution in [0.3, 0.4) is 0 Å². The van der Waals surface area contributed by atoms with Crippen LogP contribution in [0.25, 0.3) is 0 Å². The lowest BCUT2D eigenvalue weighted by Crippen LogP contribution is -2.39. The first kappa shape index (κ1) is 17.3. The fourth-order valence-electron chi connectivity index (χ4n) is 3.14. The molecular formula is C20H25N3O2. The van der Waals surface area contributed by atoms with E-state index in [1.807, 2.05) is 41.3 Å². The predicted molar refractivity (Wildman–Crippen MR) is 98.9 cm³/mol. The monoisotopic (exact) mass is 339 g/mol. The first-order valence-electron chi connectivity index (χ1n) is 8.78. The maximum Gasteiger partial charge on any atom is 0.272 e. The van der Waals surface area contributed by atoms with Gasteiger partial charge in [-0.1, -0.05) is 19.1 Å². The van der Waals surface area contributed by atoms with Crippen molar-refractivity contribution >= 4 is 11.6 Å². The summed E-state index contributed by atoms with van der Waals surface area (Å²) in [6.07, 6.45) is 3.96. The van der Waals surface area contributed by atoms with Gasteiger partial charge in [0.25, 0.3) is 5.91 Å². The number of rotatable bonds is 5. The summed E-state index contributed by atoms with van der Waals surface area (Å²) in [6.45, 7) is 4.53. The summed E-state index contributed by atoms with van der Waals surface area (Å²) in [4.78, 5) is 18.9. The Balaban J connectivity index is 1.63. The Morgan fingerprint density at radius 2 is 2.12 bits per heavy atom. The number of pyridine rings is 1. The van der Waals surface area contributed by atoms with E-state index in [9.17, 15) is 4.79 Å². The van der Waals surface area contributed by atoms with Gasteiger partial charge in [0, 0.05) is 31.5 Å². The second-order valence-electron chi connectivity index (χ2n) is 6.63. The molecule has 3 rings (SSSR count). The molecule has 1 amide bonds. The van der Waals surface area contributed by atoms with Gasteiger partial charge < -0.3 is 15.0 Å². The van der Waals surface area contributed by atoms with E-state index in [-0.39, 0.29) is 5.91 Å². The number of nitrogens with one attached hydrogen (secondary N) is 1. The first-order valence-corrected chi connectivity index (χ1v) is 8.78. The number of ether oxygens (including phenoxy) is 1. The van der Waals surface area contributed by atoms with E-state index in [2.05, 4.69) is 17.2 Å². The molecule has 1 aliphatic rings. The smallest absolute Gasteiger partial charge is 0.272 e. The van der Waals surface area contributed by atoms with Gasteiger partial charge in [-0.15, -0.1) is 0 Å². The zero-order valence-corrected chi connectivity index (χ0v) is 14.9. The summed E-state index contributed by atoms with van der Waals surface area (Å²) in [7, 11) is 1.66. The lowest BCUT2D eigenvalue weighted by Gasteiger charge is -2.30. The minimum Gasteiger partial charge on any atom is -0.497 e. The van der Waals surface area contributed by atoms with Gasteiger partial charge in [0.1, 0.15) is 11.4 Å². The summed E-state index contributed by atoms with van der Waals surface area (Å²) in [5.74, 6) is 1.44. The van der Waals surface area contributed by atoms with E-state index in [1.165, 1.54) is 6.42 Å². The minimum absolute atomic E-state index is 0.0275. The second-order valence-corrected chi connectivity index (χ2v) is 6.63. The van der Waals surface area contributed by atoms with Gasteiger partial charge in [-0.2, -0.15) is 0 Å². The number of amides is 1. The zero-order chi connectivity index (χ0) is 17.6. The Morgan fingerprint density at radius 3 is 2.84 bits per heavy atom. The topological polar surface area (TPSA) is 54.5 Å². The van der Waals surface area contributed by atoms with Crippen LogP contribution < -0.4 is 10.1 Å². The molecule has 1 saturated heterocycles. The van der Waals surface area contributed by atoms with Crippen LogP contribution in [0, 0.1) is 5.92 Å². The largest absolute Gasteiger partial charge is 0.497 e. The molecule has 1 unspecified atom stereocenters. The van der Waals surface area contributed by atoms with Crippen LogP contribution in [0.1, 0.15) is 35.8 Å². The van der Waals surface area contributed by atoms with E-state index in [1.54, 1.807) is 13.3 Å². The molecule has 1 fully saturated rings. The van der Waals surface area contributed by atoms with Crippen LogP contribution in [0.4, 0.5) is 5.69 Å². The van der Waals surface area contributed by atoms with Crippen molar-refractivity contribution < 1.29 is 9.53 Å². The lowest BCUT2D eigenvalue weighted by atomic mass is 10.00. The Morgan fingerprint density at radius 1 is 1.32 bits per heavy atom. The van der Waals surface area contributed by atoms with Crippen molar-refractivity contribution in [3.63, 3.8) is 0 Å². The van der Waals surface area contributed by atoms with Crippen molar-refractivity contribution in [2.75, 3.05) is 25.5 Å². The zero-order valence-electron chi connectivity index (χ0n) is 14.9.